The summed E-state index contributed by atoms with van der Waals surface area (Å²) in [4.78, 5) is 18.3. The fourth-order valence-electron chi connectivity index (χ4n) is 0.708. The smallest absolute Gasteiger partial charge is 0.258 e. The lowest BCUT2D eigenvalue weighted by Gasteiger charge is -2.07. The van der Waals surface area contributed by atoms with E-state index in [9.17, 15) is 4.79 Å². The second kappa shape index (κ2) is 4.24. The van der Waals surface area contributed by atoms with Gasteiger partial charge in [0.05, 0.1) is 7.11 Å². The van der Waals surface area contributed by atoms with Gasteiger partial charge in [-0.1, -0.05) is 0 Å². The van der Waals surface area contributed by atoms with Crippen molar-refractivity contribution in [1.29, 1.82) is 0 Å². The number of nitrogens with one attached hydrogen (secondary N) is 2. The highest BCUT2D eigenvalue weighted by atomic mass is 16.5. The SMILES string of the molecule is COc1nccnc1NNC(C)=O. The number of anilines is 1. The molecule has 1 rings (SSSR count). The van der Waals surface area contributed by atoms with Gasteiger partial charge in [0.15, 0.2) is 0 Å². The highest BCUT2D eigenvalue weighted by Gasteiger charge is 2.03. The van der Waals surface area contributed by atoms with E-state index in [1.807, 2.05) is 0 Å². The zero-order valence-electron chi connectivity index (χ0n) is 7.37. The first kappa shape index (κ1) is 9.24. The highest BCUT2D eigenvalue weighted by molar-refractivity contribution is 5.74. The topological polar surface area (TPSA) is 76.1 Å². The maximum Gasteiger partial charge on any atom is 0.258 e. The molecule has 0 aromatic carbocycles. The average molecular weight is 182 g/mol. The van der Waals surface area contributed by atoms with Gasteiger partial charge in [-0.2, -0.15) is 0 Å². The van der Waals surface area contributed by atoms with Gasteiger partial charge in [-0.05, 0) is 0 Å². The summed E-state index contributed by atoms with van der Waals surface area (Å²) in [6, 6.07) is 0. The van der Waals surface area contributed by atoms with E-state index in [-0.39, 0.29) is 5.91 Å². The van der Waals surface area contributed by atoms with E-state index in [0.29, 0.717) is 11.7 Å². The number of methoxy groups -OCH3 is 1. The van der Waals surface area contributed by atoms with E-state index in [4.69, 9.17) is 4.74 Å². The largest absolute Gasteiger partial charge is 0.478 e. The van der Waals surface area contributed by atoms with Gasteiger partial charge in [-0.15, -0.1) is 0 Å². The standard InChI is InChI=1S/C7H10N4O2/c1-5(12)10-11-6-7(13-2)9-4-3-8-6/h3-4H,1-2H3,(H,8,11)(H,10,12). The summed E-state index contributed by atoms with van der Waals surface area (Å²) in [5, 5.41) is 0. The summed E-state index contributed by atoms with van der Waals surface area (Å²) in [5.41, 5.74) is 4.93. The predicted molar refractivity (Wildman–Crippen MR) is 46.0 cm³/mol. The molecule has 0 atom stereocenters. The first-order chi connectivity index (χ1) is 6.24. The Hall–Kier alpha value is -1.85. The minimum absolute atomic E-state index is 0.215. The number of amides is 1. The van der Waals surface area contributed by atoms with Gasteiger partial charge in [-0.3, -0.25) is 15.6 Å². The number of carbonyl (C=O) groups is 1. The van der Waals surface area contributed by atoms with Gasteiger partial charge in [0.2, 0.25) is 11.7 Å². The Kier molecular flexibility index (Phi) is 3.02. The molecule has 0 aliphatic rings. The van der Waals surface area contributed by atoms with Crippen molar-refractivity contribution in [3.05, 3.63) is 12.4 Å². The number of hydrogen-bond donors (Lipinski definition) is 2. The molecule has 1 aromatic rings. The molecule has 0 aliphatic carbocycles. The molecule has 13 heavy (non-hydrogen) atoms. The number of hydrogen-bond acceptors (Lipinski definition) is 5. The van der Waals surface area contributed by atoms with E-state index in [1.54, 1.807) is 0 Å². The zero-order valence-corrected chi connectivity index (χ0v) is 7.37. The second-order valence-electron chi connectivity index (χ2n) is 2.22. The molecule has 0 bridgehead atoms. The van der Waals surface area contributed by atoms with Crippen LogP contribution >= 0.6 is 0 Å². The first-order valence-electron chi connectivity index (χ1n) is 3.61. The molecule has 6 nitrogen and oxygen atoms in total. The summed E-state index contributed by atoms with van der Waals surface area (Å²) in [5.74, 6) is 0.490. The van der Waals surface area contributed by atoms with Crippen molar-refractivity contribution in [1.82, 2.24) is 15.4 Å². The molecule has 1 amide bonds. The first-order valence-corrected chi connectivity index (χ1v) is 3.61. The molecule has 0 saturated carbocycles. The highest BCUT2D eigenvalue weighted by Crippen LogP contribution is 2.14. The Labute approximate surface area is 75.3 Å². The molecular weight excluding hydrogens is 172 g/mol. The molecule has 0 fully saturated rings. The van der Waals surface area contributed by atoms with Crippen molar-refractivity contribution in [2.75, 3.05) is 12.5 Å². The lowest BCUT2D eigenvalue weighted by atomic mass is 10.6. The zero-order chi connectivity index (χ0) is 9.68. The molecule has 2 N–H and O–H groups in total. The van der Waals surface area contributed by atoms with Crippen LogP contribution in [0.2, 0.25) is 0 Å². The molecule has 0 saturated heterocycles. The fourth-order valence-corrected chi connectivity index (χ4v) is 0.708. The summed E-state index contributed by atoms with van der Waals surface area (Å²) in [6.45, 7) is 1.38. The molecule has 1 aromatic heterocycles. The van der Waals surface area contributed by atoms with Gasteiger partial charge >= 0.3 is 0 Å². The summed E-state index contributed by atoms with van der Waals surface area (Å²) in [6.07, 6.45) is 2.99. The van der Waals surface area contributed by atoms with E-state index in [0.717, 1.165) is 0 Å². The molecule has 6 heteroatoms. The van der Waals surface area contributed by atoms with Crippen LogP contribution in [0.5, 0.6) is 5.88 Å². The van der Waals surface area contributed by atoms with Gasteiger partial charge in [0.25, 0.3) is 5.88 Å². The van der Waals surface area contributed by atoms with Crippen LogP contribution in [0.25, 0.3) is 0 Å². The number of hydrazine groups is 1. The Balaban J connectivity index is 2.69. The average Bonchev–Trinajstić information content (AvgIpc) is 2.15. The maximum atomic E-state index is 10.6. The summed E-state index contributed by atoms with van der Waals surface area (Å²) in [7, 11) is 1.48. The molecular formula is C7H10N4O2. The number of carbonyl (C=O) groups excluding carboxylic acids is 1. The molecule has 70 valence electrons. The fraction of sp³-hybridized carbons (Fsp3) is 0.286. The van der Waals surface area contributed by atoms with Crippen molar-refractivity contribution in [3.63, 3.8) is 0 Å². The molecule has 0 aliphatic heterocycles. The van der Waals surface area contributed by atoms with Crippen LogP contribution in [0.3, 0.4) is 0 Å². The number of aromatic nitrogens is 2. The third-order valence-corrected chi connectivity index (χ3v) is 1.21. The Bertz CT molecular complexity index is 302. The number of ether oxygens (including phenoxy) is 1. The molecule has 1 heterocycles. The van der Waals surface area contributed by atoms with Crippen molar-refractivity contribution < 1.29 is 9.53 Å². The Morgan fingerprint density at radius 2 is 2.15 bits per heavy atom. The Morgan fingerprint density at radius 1 is 1.46 bits per heavy atom. The third-order valence-electron chi connectivity index (χ3n) is 1.21. The second-order valence-corrected chi connectivity index (χ2v) is 2.22. The minimum atomic E-state index is -0.215. The molecule has 0 unspecified atom stereocenters. The van der Waals surface area contributed by atoms with Crippen LogP contribution in [0.4, 0.5) is 5.82 Å². The van der Waals surface area contributed by atoms with Gasteiger partial charge in [-0.25, -0.2) is 9.97 Å². The van der Waals surface area contributed by atoms with Gasteiger partial charge < -0.3 is 4.74 Å². The van der Waals surface area contributed by atoms with Crippen molar-refractivity contribution in [2.45, 2.75) is 6.92 Å². The van der Waals surface area contributed by atoms with E-state index in [2.05, 4.69) is 20.8 Å². The molecule has 0 spiro atoms. The quantitative estimate of drug-likeness (QED) is 0.641. The summed E-state index contributed by atoms with van der Waals surface area (Å²) >= 11 is 0. The van der Waals surface area contributed by atoms with Crippen LogP contribution in [0.15, 0.2) is 12.4 Å². The minimum Gasteiger partial charge on any atom is -0.478 e. The van der Waals surface area contributed by atoms with Crippen molar-refractivity contribution in [3.8, 4) is 5.88 Å². The number of nitrogens with zero attached hydrogens (tertiary/aromatic N) is 2. The van der Waals surface area contributed by atoms with Gasteiger partial charge in [0, 0.05) is 19.3 Å². The van der Waals surface area contributed by atoms with Crippen LogP contribution in [0.1, 0.15) is 6.92 Å². The van der Waals surface area contributed by atoms with E-state index < -0.39 is 0 Å². The molecule has 0 radical (unpaired) electrons. The van der Waals surface area contributed by atoms with Crippen molar-refractivity contribution in [2.24, 2.45) is 0 Å². The van der Waals surface area contributed by atoms with Crippen LogP contribution < -0.4 is 15.6 Å². The van der Waals surface area contributed by atoms with Gasteiger partial charge in [0.1, 0.15) is 0 Å². The lowest BCUT2D eigenvalue weighted by Crippen LogP contribution is -2.27. The predicted octanol–water partition coefficient (Wildman–Crippen LogP) is -0.0518. The van der Waals surface area contributed by atoms with Crippen LogP contribution in [-0.2, 0) is 4.79 Å². The van der Waals surface area contributed by atoms with E-state index in [1.165, 1.54) is 26.4 Å². The Morgan fingerprint density at radius 3 is 2.77 bits per heavy atom. The maximum absolute atomic E-state index is 10.6. The monoisotopic (exact) mass is 182 g/mol. The van der Waals surface area contributed by atoms with Crippen LogP contribution in [0, 0.1) is 0 Å². The lowest BCUT2D eigenvalue weighted by molar-refractivity contribution is -0.118. The normalized spacial score (nSPS) is 9.08. The van der Waals surface area contributed by atoms with Crippen molar-refractivity contribution >= 4 is 11.7 Å². The van der Waals surface area contributed by atoms with E-state index >= 15 is 0 Å². The third kappa shape index (κ3) is 2.58. The van der Waals surface area contributed by atoms with Crippen LogP contribution in [-0.4, -0.2) is 23.0 Å². The number of rotatable bonds is 3. The summed E-state index contributed by atoms with van der Waals surface area (Å²) < 4.78 is 4.89.